The van der Waals surface area contributed by atoms with Crippen molar-refractivity contribution < 1.29 is 14.3 Å². The first-order valence-electron chi connectivity index (χ1n) is 6.64. The number of aldehydes is 1. The Bertz CT molecular complexity index is 821. The van der Waals surface area contributed by atoms with Crippen molar-refractivity contribution in [3.05, 3.63) is 64.7 Å². The van der Waals surface area contributed by atoms with Crippen LogP contribution in [0.3, 0.4) is 0 Å². The summed E-state index contributed by atoms with van der Waals surface area (Å²) in [6.45, 7) is 0.380. The largest absolute Gasteiger partial charge is 0.487 e. The number of hydrogen-bond acceptors (Lipinski definition) is 3. The van der Waals surface area contributed by atoms with Gasteiger partial charge in [-0.2, -0.15) is 0 Å². The number of hydrogen-bond donors (Lipinski definition) is 1. The molecule has 21 heavy (non-hydrogen) atoms. The van der Waals surface area contributed by atoms with Crippen molar-refractivity contribution in [2.75, 3.05) is 5.32 Å². The molecule has 0 atom stereocenters. The molecule has 2 aliphatic heterocycles. The Balaban J connectivity index is 1.93. The molecule has 1 amide bonds. The molecule has 2 aromatic carbocycles. The van der Waals surface area contributed by atoms with Crippen LogP contribution in [0.4, 0.5) is 5.69 Å². The molecule has 102 valence electrons. The summed E-state index contributed by atoms with van der Waals surface area (Å²) in [5.74, 6) is 0.434. The van der Waals surface area contributed by atoms with Crippen LogP contribution in [0, 0.1) is 0 Å². The Morgan fingerprint density at radius 1 is 1.10 bits per heavy atom. The van der Waals surface area contributed by atoms with Crippen LogP contribution in [-0.4, -0.2) is 12.2 Å². The fourth-order valence-corrected chi connectivity index (χ4v) is 2.81. The Morgan fingerprint density at radius 3 is 2.81 bits per heavy atom. The second-order valence-corrected chi connectivity index (χ2v) is 5.03. The highest BCUT2D eigenvalue weighted by atomic mass is 16.5. The quantitative estimate of drug-likeness (QED) is 0.644. The molecule has 4 heteroatoms. The van der Waals surface area contributed by atoms with Crippen LogP contribution >= 0.6 is 0 Å². The van der Waals surface area contributed by atoms with Gasteiger partial charge in [0.05, 0.1) is 5.57 Å². The Morgan fingerprint density at radius 2 is 1.95 bits per heavy atom. The molecular weight excluding hydrogens is 266 g/mol. The minimum absolute atomic E-state index is 0.154. The number of carbonyl (C=O) groups excluding carboxylic acids is 2. The highest BCUT2D eigenvalue weighted by Crippen LogP contribution is 2.41. The van der Waals surface area contributed by atoms with E-state index in [1.165, 1.54) is 0 Å². The van der Waals surface area contributed by atoms with E-state index >= 15 is 0 Å². The number of rotatable bonds is 1. The predicted molar refractivity (Wildman–Crippen MR) is 78.5 cm³/mol. The zero-order valence-corrected chi connectivity index (χ0v) is 11.1. The van der Waals surface area contributed by atoms with E-state index in [0.717, 1.165) is 28.7 Å². The van der Waals surface area contributed by atoms with Crippen LogP contribution in [0.25, 0.3) is 11.3 Å². The first-order chi connectivity index (χ1) is 10.3. The van der Waals surface area contributed by atoms with Gasteiger partial charge in [-0.05, 0) is 12.1 Å². The number of fused-ring (bicyclic) bond motifs is 2. The monoisotopic (exact) mass is 277 g/mol. The molecule has 4 nitrogen and oxygen atoms in total. The van der Waals surface area contributed by atoms with E-state index in [2.05, 4.69) is 5.32 Å². The average molecular weight is 277 g/mol. The van der Waals surface area contributed by atoms with Crippen molar-refractivity contribution >= 4 is 29.2 Å². The lowest BCUT2D eigenvalue weighted by Crippen LogP contribution is -2.05. The van der Waals surface area contributed by atoms with Gasteiger partial charge < -0.3 is 10.1 Å². The van der Waals surface area contributed by atoms with Gasteiger partial charge in [0.2, 0.25) is 0 Å². The third kappa shape index (κ3) is 1.69. The van der Waals surface area contributed by atoms with E-state index < -0.39 is 0 Å². The number of carbonyl (C=O) groups is 2. The summed E-state index contributed by atoms with van der Waals surface area (Å²) in [5, 5.41) is 2.84. The van der Waals surface area contributed by atoms with Gasteiger partial charge in [0.15, 0.2) is 0 Å². The van der Waals surface area contributed by atoms with Gasteiger partial charge in [-0.3, -0.25) is 9.59 Å². The van der Waals surface area contributed by atoms with E-state index in [4.69, 9.17) is 4.74 Å². The molecule has 0 saturated carbocycles. The van der Waals surface area contributed by atoms with Gasteiger partial charge in [0.1, 0.15) is 18.7 Å². The van der Waals surface area contributed by atoms with Crippen molar-refractivity contribution in [3.63, 3.8) is 0 Å². The van der Waals surface area contributed by atoms with E-state index in [-0.39, 0.29) is 5.91 Å². The average Bonchev–Trinajstić information content (AvgIpc) is 3.06. The molecule has 0 radical (unpaired) electrons. The van der Waals surface area contributed by atoms with Gasteiger partial charge in [-0.1, -0.05) is 30.3 Å². The van der Waals surface area contributed by atoms with Gasteiger partial charge in [0, 0.05) is 27.9 Å². The molecule has 0 bridgehead atoms. The fourth-order valence-electron chi connectivity index (χ4n) is 2.81. The summed E-state index contributed by atoms with van der Waals surface area (Å²) in [4.78, 5) is 23.1. The lowest BCUT2D eigenvalue weighted by molar-refractivity contribution is -0.110. The van der Waals surface area contributed by atoms with Gasteiger partial charge in [-0.25, -0.2) is 0 Å². The van der Waals surface area contributed by atoms with Crippen LogP contribution in [-0.2, 0) is 16.1 Å². The molecular formula is C17H11NO3. The van der Waals surface area contributed by atoms with E-state index in [9.17, 15) is 9.59 Å². The molecule has 2 heterocycles. The molecule has 0 fully saturated rings. The second kappa shape index (κ2) is 4.31. The molecule has 1 N–H and O–H groups in total. The molecule has 0 unspecified atom stereocenters. The number of nitrogens with one attached hydrogen (secondary N) is 1. The fraction of sp³-hybridized carbons (Fsp3) is 0.0588. The third-order valence-corrected chi connectivity index (χ3v) is 3.78. The molecule has 2 aliphatic rings. The zero-order chi connectivity index (χ0) is 14.4. The SMILES string of the molecule is O=Cc1ccc2c(c1)CO/C2=C1/C(=O)Nc2ccccc21. The first-order valence-corrected chi connectivity index (χ1v) is 6.64. The molecule has 0 spiro atoms. The zero-order valence-electron chi connectivity index (χ0n) is 11.1. The molecule has 0 saturated heterocycles. The van der Waals surface area contributed by atoms with E-state index in [0.29, 0.717) is 23.5 Å². The number of anilines is 1. The number of para-hydroxylation sites is 1. The highest BCUT2D eigenvalue weighted by Gasteiger charge is 2.32. The Hall–Kier alpha value is -2.88. The van der Waals surface area contributed by atoms with Crippen LogP contribution < -0.4 is 5.32 Å². The summed E-state index contributed by atoms with van der Waals surface area (Å²) in [6.07, 6.45) is 0.809. The highest BCUT2D eigenvalue weighted by molar-refractivity contribution is 6.36. The van der Waals surface area contributed by atoms with Crippen LogP contribution in [0.5, 0.6) is 0 Å². The maximum atomic E-state index is 12.2. The standard InChI is InChI=1S/C17H11NO3/c19-8-10-5-6-12-11(7-10)9-21-16(12)15-13-3-1-2-4-14(13)18-17(15)20/h1-8H,9H2,(H,18,20)/b16-15+. The van der Waals surface area contributed by atoms with Crippen LogP contribution in [0.2, 0.25) is 0 Å². The third-order valence-electron chi connectivity index (χ3n) is 3.78. The lowest BCUT2D eigenvalue weighted by Gasteiger charge is -2.04. The number of benzene rings is 2. The second-order valence-electron chi connectivity index (χ2n) is 5.03. The predicted octanol–water partition coefficient (Wildman–Crippen LogP) is 2.85. The molecule has 0 aromatic heterocycles. The minimum atomic E-state index is -0.154. The number of ether oxygens (including phenoxy) is 1. The summed E-state index contributed by atoms with van der Waals surface area (Å²) in [5.41, 5.74) is 4.63. The number of amides is 1. The topological polar surface area (TPSA) is 55.4 Å². The normalized spacial score (nSPS) is 18.8. The van der Waals surface area contributed by atoms with E-state index in [1.807, 2.05) is 30.3 Å². The summed E-state index contributed by atoms with van der Waals surface area (Å²) in [7, 11) is 0. The summed E-state index contributed by atoms with van der Waals surface area (Å²) >= 11 is 0. The summed E-state index contributed by atoms with van der Waals surface area (Å²) in [6, 6.07) is 12.9. The lowest BCUT2D eigenvalue weighted by atomic mass is 9.99. The van der Waals surface area contributed by atoms with Crippen LogP contribution in [0.1, 0.15) is 27.0 Å². The smallest absolute Gasteiger partial charge is 0.260 e. The van der Waals surface area contributed by atoms with Gasteiger partial charge in [0.25, 0.3) is 5.91 Å². The maximum absolute atomic E-state index is 12.2. The molecule has 0 aliphatic carbocycles. The van der Waals surface area contributed by atoms with E-state index in [1.54, 1.807) is 12.1 Å². The molecule has 2 aromatic rings. The Labute approximate surface area is 121 Å². The summed E-state index contributed by atoms with van der Waals surface area (Å²) < 4.78 is 5.74. The van der Waals surface area contributed by atoms with Crippen molar-refractivity contribution in [1.82, 2.24) is 0 Å². The first kappa shape index (κ1) is 11.9. The minimum Gasteiger partial charge on any atom is -0.487 e. The maximum Gasteiger partial charge on any atom is 0.260 e. The Kier molecular flexibility index (Phi) is 2.44. The van der Waals surface area contributed by atoms with Crippen molar-refractivity contribution in [2.24, 2.45) is 0 Å². The van der Waals surface area contributed by atoms with Gasteiger partial charge in [-0.15, -0.1) is 0 Å². The van der Waals surface area contributed by atoms with Crippen molar-refractivity contribution in [3.8, 4) is 0 Å². The van der Waals surface area contributed by atoms with Gasteiger partial charge >= 0.3 is 0 Å². The van der Waals surface area contributed by atoms with Crippen LogP contribution in [0.15, 0.2) is 42.5 Å². The van der Waals surface area contributed by atoms with Crippen molar-refractivity contribution in [1.29, 1.82) is 0 Å². The molecule has 4 rings (SSSR count). The van der Waals surface area contributed by atoms with Crippen molar-refractivity contribution in [2.45, 2.75) is 6.61 Å².